The van der Waals surface area contributed by atoms with E-state index in [4.69, 9.17) is 14.2 Å². The molecule has 0 fully saturated rings. The maximum Gasteiger partial charge on any atom is 0.306 e. The summed E-state index contributed by atoms with van der Waals surface area (Å²) in [7, 11) is 1.40. The first-order valence-electron chi connectivity index (χ1n) is 9.96. The number of carbonyl (C=O) groups is 1. The van der Waals surface area contributed by atoms with Crippen molar-refractivity contribution >= 4 is 5.97 Å². The van der Waals surface area contributed by atoms with E-state index in [-0.39, 0.29) is 18.0 Å². The molecule has 1 aliphatic heterocycles. The number of carbonyl (C=O) groups excluding carboxylic acids is 1. The zero-order valence-corrected chi connectivity index (χ0v) is 17.0. The molecule has 0 N–H and O–H groups in total. The lowest BCUT2D eigenvalue weighted by Gasteiger charge is -2.21. The second-order valence-electron chi connectivity index (χ2n) is 8.24. The van der Waals surface area contributed by atoms with Gasteiger partial charge in [-0.2, -0.15) is 5.26 Å². The number of rotatable bonds is 5. The van der Waals surface area contributed by atoms with Crippen LogP contribution in [0.15, 0.2) is 36.4 Å². The van der Waals surface area contributed by atoms with Gasteiger partial charge in [0, 0.05) is 17.5 Å². The molecule has 0 spiro atoms. The van der Waals surface area contributed by atoms with Gasteiger partial charge in [0.2, 0.25) is 0 Å². The maximum absolute atomic E-state index is 11.6. The van der Waals surface area contributed by atoms with Gasteiger partial charge in [-0.25, -0.2) is 0 Å². The summed E-state index contributed by atoms with van der Waals surface area (Å²) in [5.74, 6) is 1.32. The van der Waals surface area contributed by atoms with E-state index < -0.39 is 5.41 Å². The minimum absolute atomic E-state index is 0.0227. The van der Waals surface area contributed by atoms with Crippen molar-refractivity contribution in [2.45, 2.75) is 50.5 Å². The van der Waals surface area contributed by atoms with E-state index in [1.54, 1.807) is 0 Å². The smallest absolute Gasteiger partial charge is 0.306 e. The van der Waals surface area contributed by atoms with Crippen molar-refractivity contribution in [3.05, 3.63) is 58.7 Å². The lowest BCUT2D eigenvalue weighted by molar-refractivity contribution is -0.141. The lowest BCUT2D eigenvalue weighted by Crippen LogP contribution is -2.16. The van der Waals surface area contributed by atoms with Crippen molar-refractivity contribution < 1.29 is 19.0 Å². The van der Waals surface area contributed by atoms with Crippen LogP contribution in [0.3, 0.4) is 0 Å². The van der Waals surface area contributed by atoms with Crippen LogP contribution in [0.1, 0.15) is 61.0 Å². The fraction of sp³-hybridized carbons (Fsp3) is 0.417. The molecule has 0 saturated carbocycles. The van der Waals surface area contributed by atoms with Crippen LogP contribution in [-0.2, 0) is 21.4 Å². The van der Waals surface area contributed by atoms with Gasteiger partial charge in [0.05, 0.1) is 31.6 Å². The third-order valence-corrected chi connectivity index (χ3v) is 5.95. The Morgan fingerprint density at radius 2 is 2.10 bits per heavy atom. The molecular weight excluding hydrogens is 366 g/mol. The largest absolute Gasteiger partial charge is 0.492 e. The number of ether oxygens (including phenoxy) is 3. The fourth-order valence-corrected chi connectivity index (χ4v) is 4.33. The normalized spacial score (nSPS) is 19.7. The Kier molecular flexibility index (Phi) is 4.96. The van der Waals surface area contributed by atoms with E-state index in [1.807, 2.05) is 38.1 Å². The van der Waals surface area contributed by atoms with Crippen LogP contribution in [0.4, 0.5) is 0 Å². The average Bonchev–Trinajstić information content (AvgIpc) is 3.32. The summed E-state index contributed by atoms with van der Waals surface area (Å²) in [5.41, 5.74) is 3.99. The number of hydrogen-bond acceptors (Lipinski definition) is 5. The summed E-state index contributed by atoms with van der Waals surface area (Å²) in [6.45, 7) is 4.39. The molecule has 5 nitrogen and oxygen atoms in total. The van der Waals surface area contributed by atoms with E-state index in [1.165, 1.54) is 12.7 Å². The molecule has 29 heavy (non-hydrogen) atoms. The number of benzene rings is 2. The number of hydrogen-bond donors (Lipinski definition) is 0. The molecule has 0 amide bonds. The molecule has 1 unspecified atom stereocenters. The first-order chi connectivity index (χ1) is 13.9. The molecule has 4 rings (SSSR count). The third-order valence-electron chi connectivity index (χ3n) is 5.95. The summed E-state index contributed by atoms with van der Waals surface area (Å²) in [6, 6.07) is 14.4. The molecule has 2 atom stereocenters. The molecule has 0 bridgehead atoms. The van der Waals surface area contributed by atoms with Crippen molar-refractivity contribution in [1.29, 1.82) is 5.26 Å². The van der Waals surface area contributed by atoms with Gasteiger partial charge in [0.15, 0.2) is 0 Å². The Hall–Kier alpha value is -3.00. The first kappa shape index (κ1) is 19.3. The number of fused-ring (bicyclic) bond motifs is 2. The Balaban J connectivity index is 1.54. The summed E-state index contributed by atoms with van der Waals surface area (Å²) in [4.78, 5) is 11.6. The van der Waals surface area contributed by atoms with Crippen molar-refractivity contribution in [3.63, 3.8) is 0 Å². The standard InChI is InChI=1S/C24H25NO4/c1-24(2,14-25)20-6-4-5-19-18(20)9-10-21(19)29-16-7-8-17-15(11-23(26)27-3)13-28-22(17)12-16/h4-8,12,15,21H,9-11,13H2,1-3H3/t15?,21-/m1/s1. The quantitative estimate of drug-likeness (QED) is 0.697. The van der Waals surface area contributed by atoms with Gasteiger partial charge >= 0.3 is 5.97 Å². The SMILES string of the molecule is COC(=O)CC1COc2cc(O[C@@H]3CCc4c3cccc4C(C)(C)C#N)ccc21. The van der Waals surface area contributed by atoms with Gasteiger partial charge in [-0.05, 0) is 49.4 Å². The highest BCUT2D eigenvalue weighted by molar-refractivity contribution is 5.71. The van der Waals surface area contributed by atoms with E-state index >= 15 is 0 Å². The predicted molar refractivity (Wildman–Crippen MR) is 108 cm³/mol. The number of nitrogens with zero attached hydrogens (tertiary/aromatic N) is 1. The molecule has 2 aliphatic rings. The van der Waals surface area contributed by atoms with Crippen LogP contribution in [0.25, 0.3) is 0 Å². The summed E-state index contributed by atoms with van der Waals surface area (Å²) < 4.78 is 16.9. The Morgan fingerprint density at radius 1 is 1.28 bits per heavy atom. The molecular formula is C24H25NO4. The van der Waals surface area contributed by atoms with Crippen LogP contribution >= 0.6 is 0 Å². The molecule has 2 aromatic carbocycles. The Bertz CT molecular complexity index is 989. The number of nitriles is 1. The second kappa shape index (κ2) is 7.44. The summed E-state index contributed by atoms with van der Waals surface area (Å²) in [6.07, 6.45) is 2.07. The highest BCUT2D eigenvalue weighted by Gasteiger charge is 2.32. The first-order valence-corrected chi connectivity index (χ1v) is 9.96. The predicted octanol–water partition coefficient (Wildman–Crippen LogP) is 4.59. The Morgan fingerprint density at radius 3 is 2.86 bits per heavy atom. The molecule has 0 radical (unpaired) electrons. The fourth-order valence-electron chi connectivity index (χ4n) is 4.33. The van der Waals surface area contributed by atoms with Crippen LogP contribution in [0.2, 0.25) is 0 Å². The van der Waals surface area contributed by atoms with E-state index in [0.717, 1.165) is 41.0 Å². The highest BCUT2D eigenvalue weighted by Crippen LogP contribution is 2.43. The minimum Gasteiger partial charge on any atom is -0.492 e. The molecule has 0 saturated heterocycles. The molecule has 1 aliphatic carbocycles. The van der Waals surface area contributed by atoms with Crippen LogP contribution in [0, 0.1) is 11.3 Å². The molecule has 5 heteroatoms. The van der Waals surface area contributed by atoms with Gasteiger partial charge in [-0.15, -0.1) is 0 Å². The van der Waals surface area contributed by atoms with Crippen molar-refractivity contribution in [1.82, 2.24) is 0 Å². The number of esters is 1. The van der Waals surface area contributed by atoms with Crippen molar-refractivity contribution in [2.75, 3.05) is 13.7 Å². The topological polar surface area (TPSA) is 68.6 Å². The van der Waals surface area contributed by atoms with Crippen LogP contribution < -0.4 is 9.47 Å². The van der Waals surface area contributed by atoms with Gasteiger partial charge in [0.25, 0.3) is 0 Å². The van der Waals surface area contributed by atoms with E-state index in [2.05, 4.69) is 18.2 Å². The zero-order valence-electron chi connectivity index (χ0n) is 17.0. The van der Waals surface area contributed by atoms with Crippen LogP contribution in [-0.4, -0.2) is 19.7 Å². The lowest BCUT2D eigenvalue weighted by atomic mass is 9.82. The highest BCUT2D eigenvalue weighted by atomic mass is 16.5. The van der Waals surface area contributed by atoms with Gasteiger partial charge in [-0.1, -0.05) is 24.3 Å². The number of methoxy groups -OCH3 is 1. The summed E-state index contributed by atoms with van der Waals surface area (Å²) in [5, 5.41) is 9.54. The third kappa shape index (κ3) is 3.55. The van der Waals surface area contributed by atoms with Crippen molar-refractivity contribution in [3.8, 4) is 17.6 Å². The average molecular weight is 391 g/mol. The van der Waals surface area contributed by atoms with Gasteiger partial charge < -0.3 is 14.2 Å². The van der Waals surface area contributed by atoms with Crippen LogP contribution in [0.5, 0.6) is 11.5 Å². The maximum atomic E-state index is 11.6. The molecule has 1 heterocycles. The van der Waals surface area contributed by atoms with Gasteiger partial charge in [-0.3, -0.25) is 4.79 Å². The molecule has 2 aromatic rings. The zero-order chi connectivity index (χ0) is 20.6. The minimum atomic E-state index is -0.518. The molecule has 150 valence electrons. The van der Waals surface area contributed by atoms with E-state index in [9.17, 15) is 10.1 Å². The van der Waals surface area contributed by atoms with E-state index in [0.29, 0.717) is 13.0 Å². The monoisotopic (exact) mass is 391 g/mol. The second-order valence-corrected chi connectivity index (χ2v) is 8.24. The Labute approximate surface area is 171 Å². The van der Waals surface area contributed by atoms with Crippen molar-refractivity contribution in [2.24, 2.45) is 0 Å². The van der Waals surface area contributed by atoms with Gasteiger partial charge in [0.1, 0.15) is 17.6 Å². The summed E-state index contributed by atoms with van der Waals surface area (Å²) >= 11 is 0. The molecule has 0 aromatic heterocycles.